The van der Waals surface area contributed by atoms with E-state index in [1.54, 1.807) is 19.1 Å². The van der Waals surface area contributed by atoms with Gasteiger partial charge in [0.1, 0.15) is 6.54 Å². The minimum absolute atomic E-state index is 0.0687. The number of methoxy groups -OCH3 is 3. The van der Waals surface area contributed by atoms with E-state index in [9.17, 15) is 13.2 Å². The lowest BCUT2D eigenvalue weighted by Gasteiger charge is -2.24. The number of carbonyl (C=O) groups is 1. The molecule has 0 unspecified atom stereocenters. The molecule has 0 aliphatic heterocycles. The zero-order valence-corrected chi connectivity index (χ0v) is 16.9. The van der Waals surface area contributed by atoms with E-state index < -0.39 is 22.5 Å². The molecule has 0 amide bonds. The van der Waals surface area contributed by atoms with Crippen LogP contribution in [0.5, 0.6) is 11.5 Å². The van der Waals surface area contributed by atoms with Crippen LogP contribution in [0.25, 0.3) is 0 Å². The minimum Gasteiger partial charge on any atom is -0.493 e. The highest BCUT2D eigenvalue weighted by molar-refractivity contribution is 7.92. The van der Waals surface area contributed by atoms with Gasteiger partial charge in [0.05, 0.1) is 31.9 Å². The number of anilines is 1. The van der Waals surface area contributed by atoms with Crippen molar-refractivity contribution in [2.75, 3.05) is 32.2 Å². The third-order valence-corrected chi connectivity index (χ3v) is 6.06. The Morgan fingerprint density at radius 2 is 1.70 bits per heavy atom. The monoisotopic (exact) mass is 413 g/mol. The highest BCUT2D eigenvalue weighted by Crippen LogP contribution is 2.33. The fourth-order valence-electron chi connectivity index (χ4n) is 2.34. The van der Waals surface area contributed by atoms with Crippen LogP contribution in [0, 0.1) is 6.92 Å². The minimum atomic E-state index is -4.11. The van der Waals surface area contributed by atoms with Crippen molar-refractivity contribution in [1.29, 1.82) is 0 Å². The molecule has 0 radical (unpaired) electrons. The molecule has 0 bridgehead atoms. The number of rotatable bonds is 7. The van der Waals surface area contributed by atoms with Crippen molar-refractivity contribution in [3.8, 4) is 11.5 Å². The average Bonchev–Trinajstić information content (AvgIpc) is 2.67. The summed E-state index contributed by atoms with van der Waals surface area (Å²) in [6.07, 6.45) is 0. The largest absolute Gasteiger partial charge is 0.493 e. The van der Waals surface area contributed by atoms with Gasteiger partial charge in [0.25, 0.3) is 10.0 Å². The molecule has 2 aromatic carbocycles. The first kappa shape index (κ1) is 20.9. The van der Waals surface area contributed by atoms with Gasteiger partial charge in [-0.3, -0.25) is 9.10 Å². The van der Waals surface area contributed by atoms with E-state index >= 15 is 0 Å². The summed E-state index contributed by atoms with van der Waals surface area (Å²) in [5, 5.41) is 0.380. The van der Waals surface area contributed by atoms with Crippen LogP contribution in [0.4, 0.5) is 5.69 Å². The third-order valence-electron chi connectivity index (χ3n) is 3.89. The summed E-state index contributed by atoms with van der Waals surface area (Å²) in [6, 6.07) is 8.90. The van der Waals surface area contributed by atoms with Gasteiger partial charge >= 0.3 is 5.97 Å². The Hall–Kier alpha value is -2.45. The van der Waals surface area contributed by atoms with Gasteiger partial charge in [0.15, 0.2) is 11.5 Å². The van der Waals surface area contributed by atoms with Crippen LogP contribution in [0.2, 0.25) is 5.02 Å². The predicted octanol–water partition coefficient (Wildman–Crippen LogP) is 3.03. The standard InChI is InChI=1S/C18H20ClNO6S/c1-12-5-6-13(9-15(12)19)20(11-18(21)26-4)27(22,23)14-7-8-16(24-2)17(10-14)25-3/h5-10H,11H2,1-4H3. The van der Waals surface area contributed by atoms with E-state index in [4.69, 9.17) is 21.1 Å². The lowest BCUT2D eigenvalue weighted by atomic mass is 10.2. The number of hydrogen-bond acceptors (Lipinski definition) is 6. The van der Waals surface area contributed by atoms with Crippen molar-refractivity contribution >= 4 is 33.3 Å². The van der Waals surface area contributed by atoms with Gasteiger partial charge in [-0.15, -0.1) is 0 Å². The van der Waals surface area contributed by atoms with E-state index in [-0.39, 0.29) is 16.3 Å². The van der Waals surface area contributed by atoms with Crippen LogP contribution < -0.4 is 13.8 Å². The molecular weight excluding hydrogens is 394 g/mol. The number of hydrogen-bond donors (Lipinski definition) is 0. The van der Waals surface area contributed by atoms with Gasteiger partial charge in [-0.1, -0.05) is 17.7 Å². The van der Waals surface area contributed by atoms with Crippen molar-refractivity contribution in [3.63, 3.8) is 0 Å². The van der Waals surface area contributed by atoms with Crippen molar-refractivity contribution < 1.29 is 27.4 Å². The summed E-state index contributed by atoms with van der Waals surface area (Å²) >= 11 is 6.14. The molecule has 0 aromatic heterocycles. The van der Waals surface area contributed by atoms with E-state index in [0.717, 1.165) is 9.87 Å². The fourth-order valence-corrected chi connectivity index (χ4v) is 3.93. The number of ether oxygens (including phenoxy) is 3. The SMILES string of the molecule is COC(=O)CN(c1ccc(C)c(Cl)c1)S(=O)(=O)c1ccc(OC)c(OC)c1. The zero-order valence-electron chi connectivity index (χ0n) is 15.4. The molecule has 146 valence electrons. The maximum atomic E-state index is 13.2. The molecule has 27 heavy (non-hydrogen) atoms. The molecule has 9 heteroatoms. The molecule has 7 nitrogen and oxygen atoms in total. The Balaban J connectivity index is 2.59. The quantitative estimate of drug-likeness (QED) is 0.649. The smallest absolute Gasteiger partial charge is 0.326 e. The van der Waals surface area contributed by atoms with Crippen LogP contribution in [0.1, 0.15) is 5.56 Å². The van der Waals surface area contributed by atoms with Gasteiger partial charge in [-0.25, -0.2) is 8.42 Å². The number of sulfonamides is 1. The van der Waals surface area contributed by atoms with Crippen molar-refractivity contribution in [2.24, 2.45) is 0 Å². The number of aryl methyl sites for hydroxylation is 1. The molecule has 0 saturated carbocycles. The Morgan fingerprint density at radius 1 is 1.04 bits per heavy atom. The molecule has 2 aromatic rings. The van der Waals surface area contributed by atoms with Crippen LogP contribution in [-0.4, -0.2) is 42.3 Å². The highest BCUT2D eigenvalue weighted by Gasteiger charge is 2.29. The van der Waals surface area contributed by atoms with Crippen LogP contribution >= 0.6 is 11.6 Å². The van der Waals surface area contributed by atoms with E-state index in [1.165, 1.54) is 45.6 Å². The molecule has 0 aliphatic carbocycles. The maximum absolute atomic E-state index is 13.2. The normalized spacial score (nSPS) is 11.0. The maximum Gasteiger partial charge on any atom is 0.326 e. The van der Waals surface area contributed by atoms with E-state index in [1.807, 2.05) is 0 Å². The van der Waals surface area contributed by atoms with Gasteiger partial charge in [0, 0.05) is 11.1 Å². The Bertz CT molecular complexity index is 945. The first-order valence-corrected chi connectivity index (χ1v) is 9.64. The molecule has 0 fully saturated rings. The Labute approximate surface area is 163 Å². The molecule has 0 N–H and O–H groups in total. The summed E-state index contributed by atoms with van der Waals surface area (Å²) < 4.78 is 42.3. The third kappa shape index (κ3) is 4.45. The van der Waals surface area contributed by atoms with Crippen LogP contribution in [-0.2, 0) is 19.6 Å². The number of esters is 1. The molecule has 0 aliphatic rings. The molecule has 0 spiro atoms. The van der Waals surface area contributed by atoms with Crippen LogP contribution in [0.3, 0.4) is 0 Å². The first-order valence-electron chi connectivity index (χ1n) is 7.82. The average molecular weight is 414 g/mol. The number of nitrogens with zero attached hydrogens (tertiary/aromatic N) is 1. The van der Waals surface area contributed by atoms with Gasteiger partial charge in [0.2, 0.25) is 0 Å². The first-order chi connectivity index (χ1) is 12.7. The second-order valence-corrected chi connectivity index (χ2v) is 7.81. The highest BCUT2D eigenvalue weighted by atomic mass is 35.5. The summed E-state index contributed by atoms with van der Waals surface area (Å²) in [6.45, 7) is 1.28. The summed E-state index contributed by atoms with van der Waals surface area (Å²) in [4.78, 5) is 11.8. The second kappa shape index (κ2) is 8.49. The summed E-state index contributed by atoms with van der Waals surface area (Å²) in [5.74, 6) is -0.0800. The predicted molar refractivity (Wildman–Crippen MR) is 102 cm³/mol. The molecule has 0 saturated heterocycles. The van der Waals surface area contributed by atoms with Crippen molar-refractivity contribution in [1.82, 2.24) is 0 Å². The number of benzene rings is 2. The molecular formula is C18H20ClNO6S. The van der Waals surface area contributed by atoms with Gasteiger partial charge in [-0.2, -0.15) is 0 Å². The number of carbonyl (C=O) groups excluding carboxylic acids is 1. The fraction of sp³-hybridized carbons (Fsp3) is 0.278. The van der Waals surface area contributed by atoms with E-state index in [2.05, 4.69) is 4.74 Å². The van der Waals surface area contributed by atoms with Gasteiger partial charge < -0.3 is 14.2 Å². The summed E-state index contributed by atoms with van der Waals surface area (Å²) in [5.41, 5.74) is 1.02. The van der Waals surface area contributed by atoms with Crippen LogP contribution in [0.15, 0.2) is 41.3 Å². The lowest BCUT2D eigenvalue weighted by Crippen LogP contribution is -2.36. The molecule has 0 heterocycles. The van der Waals surface area contributed by atoms with Crippen molar-refractivity contribution in [2.45, 2.75) is 11.8 Å². The van der Waals surface area contributed by atoms with Gasteiger partial charge in [-0.05, 0) is 36.8 Å². The molecule has 0 atom stereocenters. The number of halogens is 1. The van der Waals surface area contributed by atoms with E-state index in [0.29, 0.717) is 10.8 Å². The lowest BCUT2D eigenvalue weighted by molar-refractivity contribution is -0.138. The molecule has 2 rings (SSSR count). The van der Waals surface area contributed by atoms with Crippen molar-refractivity contribution in [3.05, 3.63) is 47.0 Å². The Morgan fingerprint density at radius 3 is 2.26 bits per heavy atom. The topological polar surface area (TPSA) is 82.1 Å². The second-order valence-electron chi connectivity index (χ2n) is 5.54. The summed E-state index contributed by atoms with van der Waals surface area (Å²) in [7, 11) is -0.0707. The Kier molecular flexibility index (Phi) is 6.56. The zero-order chi connectivity index (χ0) is 20.2.